The Hall–Kier alpha value is -3.18. The van der Waals surface area contributed by atoms with Crippen molar-refractivity contribution in [3.8, 4) is 5.75 Å². The number of pyridine rings is 1. The number of aryl methyl sites for hydroxylation is 1. The van der Waals surface area contributed by atoms with Crippen molar-refractivity contribution in [1.82, 2.24) is 14.5 Å². The fraction of sp³-hybridized carbons (Fsp3) is 0.500. The first-order chi connectivity index (χ1) is 18.2. The molecule has 38 heavy (non-hydrogen) atoms. The Morgan fingerprint density at radius 2 is 2.11 bits per heavy atom. The SMILES string of the molecule is COC1CCCN(c2ncc(Cl)c(Nc3ccc4c(c3)c3c(c(=O)n4C)OCC(F)(F)[C@H](C4CC4)N3)n2)C1. The molecule has 0 radical (unpaired) electrons. The van der Waals surface area contributed by atoms with E-state index in [0.29, 0.717) is 39.9 Å². The van der Waals surface area contributed by atoms with Gasteiger partial charge in [-0.25, -0.2) is 13.8 Å². The molecule has 1 aromatic carbocycles. The summed E-state index contributed by atoms with van der Waals surface area (Å²) in [6.45, 7) is 0.661. The van der Waals surface area contributed by atoms with Crippen molar-refractivity contribution in [2.45, 2.75) is 43.8 Å². The van der Waals surface area contributed by atoms with Gasteiger partial charge in [0.05, 0.1) is 29.5 Å². The van der Waals surface area contributed by atoms with Crippen LogP contribution >= 0.6 is 11.6 Å². The number of aromatic nitrogens is 3. The number of ether oxygens (including phenoxy) is 2. The lowest BCUT2D eigenvalue weighted by Crippen LogP contribution is -2.44. The minimum Gasteiger partial charge on any atom is -0.480 e. The Balaban J connectivity index is 1.37. The van der Waals surface area contributed by atoms with Gasteiger partial charge in [-0.1, -0.05) is 11.6 Å². The van der Waals surface area contributed by atoms with Crippen molar-refractivity contribution in [3.05, 3.63) is 39.8 Å². The van der Waals surface area contributed by atoms with Crippen LogP contribution in [0.25, 0.3) is 10.9 Å². The topological polar surface area (TPSA) is 93.5 Å². The highest BCUT2D eigenvalue weighted by Crippen LogP contribution is 2.45. The van der Waals surface area contributed by atoms with Gasteiger partial charge in [0.15, 0.2) is 12.4 Å². The van der Waals surface area contributed by atoms with E-state index in [0.717, 1.165) is 32.2 Å². The van der Waals surface area contributed by atoms with Crippen LogP contribution in [0.2, 0.25) is 5.02 Å². The van der Waals surface area contributed by atoms with Crippen molar-refractivity contribution in [3.63, 3.8) is 0 Å². The van der Waals surface area contributed by atoms with Crippen molar-refractivity contribution >= 4 is 45.6 Å². The molecule has 12 heteroatoms. The summed E-state index contributed by atoms with van der Waals surface area (Å²) in [6.07, 6.45) is 5.06. The van der Waals surface area contributed by atoms with Gasteiger partial charge in [-0.15, -0.1) is 0 Å². The highest BCUT2D eigenvalue weighted by atomic mass is 35.5. The van der Waals surface area contributed by atoms with Gasteiger partial charge >= 0.3 is 5.92 Å². The maximum absolute atomic E-state index is 14.9. The fourth-order valence-corrected chi connectivity index (χ4v) is 5.47. The summed E-state index contributed by atoms with van der Waals surface area (Å²) in [5.74, 6) is -2.40. The molecule has 0 amide bonds. The summed E-state index contributed by atoms with van der Waals surface area (Å²) in [5.41, 5.74) is 1.03. The van der Waals surface area contributed by atoms with E-state index in [-0.39, 0.29) is 23.5 Å². The number of fused-ring (bicyclic) bond motifs is 3. The van der Waals surface area contributed by atoms with E-state index in [1.165, 1.54) is 4.57 Å². The molecule has 1 unspecified atom stereocenters. The van der Waals surface area contributed by atoms with Crippen molar-refractivity contribution < 1.29 is 18.3 Å². The van der Waals surface area contributed by atoms with E-state index in [1.54, 1.807) is 38.6 Å². The number of alkyl halides is 2. The van der Waals surface area contributed by atoms with Gasteiger partial charge in [-0.2, -0.15) is 4.98 Å². The van der Waals surface area contributed by atoms with E-state index >= 15 is 0 Å². The minimum atomic E-state index is -3.10. The van der Waals surface area contributed by atoms with Gasteiger partial charge in [-0.05, 0) is 49.8 Å². The van der Waals surface area contributed by atoms with Gasteiger partial charge in [0.2, 0.25) is 11.7 Å². The molecule has 0 bridgehead atoms. The Morgan fingerprint density at radius 3 is 2.87 bits per heavy atom. The van der Waals surface area contributed by atoms with Crippen LogP contribution in [0.1, 0.15) is 25.7 Å². The number of methoxy groups -OCH3 is 1. The molecule has 202 valence electrons. The Labute approximate surface area is 223 Å². The first kappa shape index (κ1) is 25.1. The lowest BCUT2D eigenvalue weighted by molar-refractivity contribution is -0.0579. The van der Waals surface area contributed by atoms with Gasteiger partial charge in [0.25, 0.3) is 5.56 Å². The van der Waals surface area contributed by atoms with Crippen LogP contribution in [0.5, 0.6) is 5.75 Å². The molecule has 2 aromatic heterocycles. The van der Waals surface area contributed by atoms with Gasteiger partial charge in [0.1, 0.15) is 5.02 Å². The maximum Gasteiger partial charge on any atom is 0.301 e. The molecule has 0 spiro atoms. The number of halogens is 3. The Morgan fingerprint density at radius 1 is 1.29 bits per heavy atom. The zero-order chi connectivity index (χ0) is 26.6. The van der Waals surface area contributed by atoms with Crippen molar-refractivity contribution in [2.24, 2.45) is 13.0 Å². The molecule has 6 rings (SSSR count). The second kappa shape index (κ2) is 9.53. The lowest BCUT2D eigenvalue weighted by Gasteiger charge is -2.32. The van der Waals surface area contributed by atoms with Crippen LogP contribution in [-0.4, -0.2) is 59.4 Å². The van der Waals surface area contributed by atoms with Crippen molar-refractivity contribution in [2.75, 3.05) is 42.3 Å². The summed E-state index contributed by atoms with van der Waals surface area (Å²) in [5, 5.41) is 7.16. The second-order valence-corrected chi connectivity index (χ2v) is 10.7. The van der Waals surface area contributed by atoms with Crippen LogP contribution in [0.15, 0.2) is 29.2 Å². The standard InChI is InChI=1S/C26H29ClF2N6O3/c1-34-19-8-7-15(31-23-18(27)11-30-25(33-23)35-9-3-4-16(12-35)37-2)10-17(19)20-21(24(34)36)38-13-26(28,29)22(32-20)14-5-6-14/h7-8,10-11,14,16,22,32H,3-6,9,12-13H2,1-2H3,(H,30,31,33)/t16?,22-/m0/s1. The van der Waals surface area contributed by atoms with Gasteiger partial charge in [0, 0.05) is 38.3 Å². The first-order valence-electron chi connectivity index (χ1n) is 12.8. The normalized spacial score (nSPS) is 22.8. The molecule has 2 N–H and O–H groups in total. The maximum atomic E-state index is 14.9. The summed E-state index contributed by atoms with van der Waals surface area (Å²) in [4.78, 5) is 24.2. The molecule has 2 aliphatic heterocycles. The fourth-order valence-electron chi connectivity index (χ4n) is 5.33. The molecular formula is C26H29ClF2N6O3. The predicted molar refractivity (Wildman–Crippen MR) is 142 cm³/mol. The third-order valence-electron chi connectivity index (χ3n) is 7.60. The number of rotatable bonds is 5. The quantitative estimate of drug-likeness (QED) is 0.481. The smallest absolute Gasteiger partial charge is 0.301 e. The molecule has 3 aromatic rings. The number of nitrogens with one attached hydrogen (secondary N) is 2. The minimum absolute atomic E-state index is 0.0971. The third-order valence-corrected chi connectivity index (χ3v) is 7.88. The molecule has 2 atom stereocenters. The van der Waals surface area contributed by atoms with E-state index in [9.17, 15) is 13.6 Å². The summed E-state index contributed by atoms with van der Waals surface area (Å²) >= 11 is 6.44. The number of benzene rings is 1. The largest absolute Gasteiger partial charge is 0.480 e. The van der Waals surface area contributed by atoms with Crippen LogP contribution in [0.3, 0.4) is 0 Å². The molecular weight excluding hydrogens is 518 g/mol. The zero-order valence-corrected chi connectivity index (χ0v) is 21.9. The average Bonchev–Trinajstić information content (AvgIpc) is 3.76. The number of hydrogen-bond acceptors (Lipinski definition) is 8. The molecule has 2 fully saturated rings. The molecule has 9 nitrogen and oxygen atoms in total. The first-order valence-corrected chi connectivity index (χ1v) is 13.1. The molecule has 3 aliphatic rings. The van der Waals surface area contributed by atoms with E-state index in [1.807, 2.05) is 0 Å². The highest BCUT2D eigenvalue weighted by Gasteiger charge is 2.51. The molecule has 1 saturated carbocycles. The van der Waals surface area contributed by atoms with Crippen LogP contribution in [0, 0.1) is 5.92 Å². The lowest BCUT2D eigenvalue weighted by atomic mass is 10.0. The summed E-state index contributed by atoms with van der Waals surface area (Å²) in [6, 6.07) is 4.24. The van der Waals surface area contributed by atoms with Crippen LogP contribution in [0.4, 0.5) is 31.9 Å². The van der Waals surface area contributed by atoms with Gasteiger partial charge < -0.3 is 29.6 Å². The number of nitrogens with zero attached hydrogens (tertiary/aromatic N) is 4. The highest BCUT2D eigenvalue weighted by molar-refractivity contribution is 6.32. The predicted octanol–water partition coefficient (Wildman–Crippen LogP) is 4.56. The monoisotopic (exact) mass is 546 g/mol. The van der Waals surface area contributed by atoms with Crippen molar-refractivity contribution in [1.29, 1.82) is 0 Å². The summed E-state index contributed by atoms with van der Waals surface area (Å²) in [7, 11) is 3.30. The number of piperidine rings is 1. The number of anilines is 4. The van der Waals surface area contributed by atoms with E-state index in [4.69, 9.17) is 21.1 Å². The van der Waals surface area contributed by atoms with Crippen LogP contribution < -0.4 is 25.8 Å². The zero-order valence-electron chi connectivity index (χ0n) is 21.1. The summed E-state index contributed by atoms with van der Waals surface area (Å²) < 4.78 is 42.2. The van der Waals surface area contributed by atoms with Gasteiger partial charge in [-0.3, -0.25) is 4.79 Å². The van der Waals surface area contributed by atoms with E-state index in [2.05, 4.69) is 25.5 Å². The Kier molecular flexibility index (Phi) is 6.30. The number of hydrogen-bond donors (Lipinski definition) is 2. The van der Waals surface area contributed by atoms with E-state index < -0.39 is 24.1 Å². The average molecular weight is 547 g/mol. The molecule has 1 aliphatic carbocycles. The third kappa shape index (κ3) is 4.51. The molecule has 1 saturated heterocycles. The Bertz CT molecular complexity index is 1450. The van der Waals surface area contributed by atoms with Crippen LogP contribution in [-0.2, 0) is 11.8 Å². The molecule has 4 heterocycles. The second-order valence-electron chi connectivity index (χ2n) is 10.2.